The number of thioether (sulfide) groups is 1. The molecule has 1 aromatic rings. The molecule has 1 N–H and O–H groups in total. The summed E-state index contributed by atoms with van der Waals surface area (Å²) in [5.74, 6) is -0.849. The number of carboxylic acids is 1. The summed E-state index contributed by atoms with van der Waals surface area (Å²) in [7, 11) is 1.56. The van der Waals surface area contributed by atoms with E-state index < -0.39 is 5.97 Å². The zero-order valence-electron chi connectivity index (χ0n) is 8.86. The Balaban J connectivity index is 2.71. The van der Waals surface area contributed by atoms with Crippen LogP contribution in [0.2, 0.25) is 0 Å². The van der Waals surface area contributed by atoms with Gasteiger partial charge < -0.3 is 15.2 Å². The number of carbonyl (C=O) groups excluding carboxylic acids is 2. The van der Waals surface area contributed by atoms with Crippen molar-refractivity contribution in [3.63, 3.8) is 0 Å². The van der Waals surface area contributed by atoms with Gasteiger partial charge in [0, 0.05) is 23.7 Å². The van der Waals surface area contributed by atoms with Gasteiger partial charge in [0.1, 0.15) is 0 Å². The van der Waals surface area contributed by atoms with Gasteiger partial charge in [0.15, 0.2) is 0 Å². The molecule has 0 aliphatic carbocycles. The monoisotopic (exact) mass is 238 g/mol. The molecule has 5 heteroatoms. The number of hydrogen-bond acceptors (Lipinski definition) is 4. The fraction of sp³-hybridized carbons (Fsp3) is 0.273. The lowest BCUT2D eigenvalue weighted by molar-refractivity contribution is -0.305. The van der Waals surface area contributed by atoms with E-state index in [-0.39, 0.29) is 12.3 Å². The van der Waals surface area contributed by atoms with Gasteiger partial charge in [-0.3, -0.25) is 4.79 Å². The molecule has 0 fully saturated rings. The molecule has 16 heavy (non-hydrogen) atoms. The Morgan fingerprint density at radius 1 is 1.38 bits per heavy atom. The summed E-state index contributed by atoms with van der Waals surface area (Å²) in [4.78, 5) is 22.5. The van der Waals surface area contributed by atoms with Crippen LogP contribution in [0, 0.1) is 0 Å². The van der Waals surface area contributed by atoms with Crippen LogP contribution in [0.5, 0.6) is 0 Å². The highest BCUT2D eigenvalue weighted by Gasteiger charge is 2.08. The number of aliphatic carboxylic acids is 1. The number of carbonyl (C=O) groups is 2. The third kappa shape index (κ3) is 3.58. The number of amides is 1. The molecule has 4 nitrogen and oxygen atoms in total. The Morgan fingerprint density at radius 3 is 2.69 bits per heavy atom. The van der Waals surface area contributed by atoms with Gasteiger partial charge in [0.25, 0.3) is 5.91 Å². The smallest absolute Gasteiger partial charge is 0.252 e. The second-order valence-electron chi connectivity index (χ2n) is 3.05. The summed E-state index contributed by atoms with van der Waals surface area (Å²) in [6.45, 7) is 0. The van der Waals surface area contributed by atoms with Crippen LogP contribution in [0.15, 0.2) is 29.2 Å². The van der Waals surface area contributed by atoms with Crippen molar-refractivity contribution in [2.45, 2.75) is 11.3 Å². The fourth-order valence-corrected chi connectivity index (χ4v) is 2.14. The Morgan fingerprint density at radius 2 is 2.06 bits per heavy atom. The maximum atomic E-state index is 11.5. The molecule has 0 saturated carbocycles. The molecular weight excluding hydrogens is 226 g/mol. The average Bonchev–Trinajstić information content (AvgIpc) is 2.28. The lowest BCUT2D eigenvalue weighted by Gasteiger charge is -2.07. The Hall–Kier alpha value is -1.49. The zero-order chi connectivity index (χ0) is 12.0. The summed E-state index contributed by atoms with van der Waals surface area (Å²) >= 11 is 1.34. The van der Waals surface area contributed by atoms with Crippen molar-refractivity contribution in [1.82, 2.24) is 5.32 Å². The molecule has 0 aliphatic heterocycles. The molecular formula is C11H12NO3S-. The van der Waals surface area contributed by atoms with Gasteiger partial charge in [0.2, 0.25) is 0 Å². The van der Waals surface area contributed by atoms with Crippen LogP contribution in [0.3, 0.4) is 0 Å². The molecule has 0 bridgehead atoms. The topological polar surface area (TPSA) is 69.2 Å². The van der Waals surface area contributed by atoms with Crippen molar-refractivity contribution in [2.24, 2.45) is 0 Å². The van der Waals surface area contributed by atoms with Crippen LogP contribution >= 0.6 is 11.8 Å². The van der Waals surface area contributed by atoms with Gasteiger partial charge in [0.05, 0.1) is 5.56 Å². The summed E-state index contributed by atoms with van der Waals surface area (Å²) < 4.78 is 0. The van der Waals surface area contributed by atoms with Crippen molar-refractivity contribution < 1.29 is 14.7 Å². The lowest BCUT2D eigenvalue weighted by Crippen LogP contribution is -2.22. The molecule has 0 spiro atoms. The maximum Gasteiger partial charge on any atom is 0.252 e. The van der Waals surface area contributed by atoms with Crippen LogP contribution in [0.4, 0.5) is 0 Å². The zero-order valence-corrected chi connectivity index (χ0v) is 9.67. The van der Waals surface area contributed by atoms with Crippen molar-refractivity contribution in [1.29, 1.82) is 0 Å². The first-order valence-electron chi connectivity index (χ1n) is 4.79. The molecule has 86 valence electrons. The second kappa shape index (κ2) is 6.17. The highest BCUT2D eigenvalue weighted by Crippen LogP contribution is 2.22. The van der Waals surface area contributed by atoms with Gasteiger partial charge in [-0.15, -0.1) is 11.8 Å². The van der Waals surface area contributed by atoms with Crippen LogP contribution in [0.25, 0.3) is 0 Å². The molecule has 0 saturated heterocycles. The molecule has 0 heterocycles. The normalized spacial score (nSPS) is 9.81. The highest BCUT2D eigenvalue weighted by molar-refractivity contribution is 7.99. The van der Waals surface area contributed by atoms with E-state index in [0.29, 0.717) is 11.3 Å². The van der Waals surface area contributed by atoms with E-state index in [2.05, 4.69) is 5.32 Å². The molecule has 0 atom stereocenters. The molecule has 0 radical (unpaired) electrons. The molecule has 1 aromatic carbocycles. The van der Waals surface area contributed by atoms with Gasteiger partial charge in [-0.2, -0.15) is 0 Å². The van der Waals surface area contributed by atoms with Crippen LogP contribution in [-0.2, 0) is 4.79 Å². The van der Waals surface area contributed by atoms with Crippen molar-refractivity contribution in [3.05, 3.63) is 29.8 Å². The fourth-order valence-electron chi connectivity index (χ4n) is 1.16. The van der Waals surface area contributed by atoms with Crippen molar-refractivity contribution >= 4 is 23.6 Å². The number of nitrogens with one attached hydrogen (secondary N) is 1. The molecule has 0 aliphatic rings. The Kier molecular flexibility index (Phi) is 4.85. The number of carboxylic acid groups (broad SMARTS) is 1. The first kappa shape index (κ1) is 12.6. The second-order valence-corrected chi connectivity index (χ2v) is 4.18. The van der Waals surface area contributed by atoms with Gasteiger partial charge in [-0.1, -0.05) is 12.1 Å². The number of benzene rings is 1. The highest BCUT2D eigenvalue weighted by atomic mass is 32.2. The predicted octanol–water partition coefficient (Wildman–Crippen LogP) is 0.278. The minimum atomic E-state index is -1.08. The predicted molar refractivity (Wildman–Crippen MR) is 60.2 cm³/mol. The van der Waals surface area contributed by atoms with Crippen molar-refractivity contribution in [3.8, 4) is 0 Å². The van der Waals surface area contributed by atoms with E-state index in [1.165, 1.54) is 11.8 Å². The van der Waals surface area contributed by atoms with E-state index in [1.54, 1.807) is 25.2 Å². The first-order valence-corrected chi connectivity index (χ1v) is 5.77. The Labute approximate surface area is 98.0 Å². The third-order valence-electron chi connectivity index (χ3n) is 1.92. The van der Waals surface area contributed by atoms with E-state index in [0.717, 1.165) is 4.90 Å². The van der Waals surface area contributed by atoms with Crippen LogP contribution in [-0.4, -0.2) is 24.7 Å². The quantitative estimate of drug-likeness (QED) is 0.748. The van der Waals surface area contributed by atoms with Gasteiger partial charge in [-0.05, 0) is 18.6 Å². The van der Waals surface area contributed by atoms with Gasteiger partial charge in [-0.25, -0.2) is 0 Å². The van der Waals surface area contributed by atoms with E-state index in [4.69, 9.17) is 0 Å². The van der Waals surface area contributed by atoms with E-state index in [1.807, 2.05) is 6.07 Å². The largest absolute Gasteiger partial charge is 0.550 e. The molecule has 1 rings (SSSR count). The number of rotatable bonds is 5. The summed E-state index contributed by atoms with van der Waals surface area (Å²) in [5, 5.41) is 12.8. The minimum Gasteiger partial charge on any atom is -0.550 e. The molecule has 1 amide bonds. The van der Waals surface area contributed by atoms with E-state index in [9.17, 15) is 14.7 Å². The SMILES string of the molecule is CNC(=O)c1ccccc1SCCC(=O)[O-]. The van der Waals surface area contributed by atoms with Crippen LogP contribution < -0.4 is 10.4 Å². The Bertz CT molecular complexity index is 393. The molecule has 0 unspecified atom stereocenters. The average molecular weight is 238 g/mol. The number of hydrogen-bond donors (Lipinski definition) is 1. The van der Waals surface area contributed by atoms with Crippen molar-refractivity contribution in [2.75, 3.05) is 12.8 Å². The summed E-state index contributed by atoms with van der Waals surface area (Å²) in [5.41, 5.74) is 0.563. The van der Waals surface area contributed by atoms with E-state index >= 15 is 0 Å². The summed E-state index contributed by atoms with van der Waals surface area (Å²) in [6.07, 6.45) is -0.0211. The van der Waals surface area contributed by atoms with Crippen LogP contribution in [0.1, 0.15) is 16.8 Å². The summed E-state index contributed by atoms with van der Waals surface area (Å²) in [6, 6.07) is 7.09. The lowest BCUT2D eigenvalue weighted by atomic mass is 10.2. The minimum absolute atomic E-state index is 0.0211. The third-order valence-corrected chi connectivity index (χ3v) is 3.00. The molecule has 0 aromatic heterocycles. The first-order chi connectivity index (χ1) is 7.65. The maximum absolute atomic E-state index is 11.5. The standard InChI is InChI=1S/C11H13NO3S/c1-12-11(15)8-4-2-3-5-9(8)16-7-6-10(13)14/h2-5H,6-7H2,1H3,(H,12,15)(H,13,14)/p-1. The van der Waals surface area contributed by atoms with Gasteiger partial charge >= 0.3 is 0 Å².